The van der Waals surface area contributed by atoms with Gasteiger partial charge in [-0.3, -0.25) is 0 Å². The second kappa shape index (κ2) is 9.28. The van der Waals surface area contributed by atoms with Gasteiger partial charge in [0.1, 0.15) is 0 Å². The zero-order chi connectivity index (χ0) is 12.5. The first-order chi connectivity index (χ1) is 8.95. The Labute approximate surface area is 121 Å². The second-order valence-electron chi connectivity index (χ2n) is 4.84. The highest BCUT2D eigenvalue weighted by atomic mass is 33.1. The molecule has 1 aromatic carbocycles. The zero-order valence-electron chi connectivity index (χ0n) is 10.9. The number of hydrogen-bond donors (Lipinski definition) is 0. The fourth-order valence-corrected chi connectivity index (χ4v) is 6.42. The molecule has 1 saturated heterocycles. The Morgan fingerprint density at radius 2 is 2.00 bits per heavy atom. The summed E-state index contributed by atoms with van der Waals surface area (Å²) in [7, 11) is 5.32. The van der Waals surface area contributed by atoms with Gasteiger partial charge in [0.25, 0.3) is 0 Å². The lowest BCUT2D eigenvalue weighted by Gasteiger charge is -2.06. The molecule has 1 heterocycles. The van der Waals surface area contributed by atoms with E-state index in [-0.39, 0.29) is 0 Å². The first-order valence-electron chi connectivity index (χ1n) is 6.98. The van der Waals surface area contributed by atoms with Crippen molar-refractivity contribution in [3.05, 3.63) is 35.9 Å². The molecule has 1 aromatic rings. The molecule has 0 amide bonds. The van der Waals surface area contributed by atoms with E-state index in [1.54, 1.807) is 0 Å². The summed E-state index contributed by atoms with van der Waals surface area (Å²) in [5.74, 6) is 1.38. The lowest BCUT2D eigenvalue weighted by atomic mass is 10.1. The summed E-state index contributed by atoms with van der Waals surface area (Å²) in [6.45, 7) is 0. The Morgan fingerprint density at radius 1 is 1.11 bits per heavy atom. The summed E-state index contributed by atoms with van der Waals surface area (Å²) in [6, 6.07) is 10.9. The lowest BCUT2D eigenvalue weighted by Crippen LogP contribution is -1.96. The van der Waals surface area contributed by atoms with Crippen LogP contribution in [-0.4, -0.2) is 17.2 Å². The molecule has 0 N–H and O–H groups in total. The average Bonchev–Trinajstić information content (AvgIpc) is 2.92. The van der Waals surface area contributed by atoms with Crippen LogP contribution in [0.2, 0.25) is 0 Å². The quantitative estimate of drug-likeness (QED) is 0.349. The standard InChI is InChI=1S/C15H23PS2/c1-3-7-14(8-4-1)13-16-11-6-2-5-9-15-10-12-17-18-15/h1,3-4,7-8,15-16H,2,5-6,9-13H2. The summed E-state index contributed by atoms with van der Waals surface area (Å²) in [5, 5.41) is 0.974. The Balaban J connectivity index is 1.42. The summed E-state index contributed by atoms with van der Waals surface area (Å²) in [5.41, 5.74) is 1.51. The molecule has 2 rings (SSSR count). The van der Waals surface area contributed by atoms with E-state index in [1.807, 2.05) is 0 Å². The SMILES string of the molecule is c1ccc(CPCCCCCC2CCSS2)cc1. The maximum atomic E-state index is 2.25. The van der Waals surface area contributed by atoms with E-state index in [0.29, 0.717) is 0 Å². The van der Waals surface area contributed by atoms with Gasteiger partial charge >= 0.3 is 0 Å². The van der Waals surface area contributed by atoms with Crippen LogP contribution in [0, 0.1) is 0 Å². The molecule has 100 valence electrons. The zero-order valence-corrected chi connectivity index (χ0v) is 13.6. The molecule has 18 heavy (non-hydrogen) atoms. The summed E-state index contributed by atoms with van der Waals surface area (Å²) in [4.78, 5) is 0. The Bertz CT molecular complexity index is 310. The highest BCUT2D eigenvalue weighted by molar-refractivity contribution is 8.77. The van der Waals surface area contributed by atoms with Crippen molar-refractivity contribution < 1.29 is 0 Å². The monoisotopic (exact) mass is 298 g/mol. The van der Waals surface area contributed by atoms with Gasteiger partial charge in [-0.25, -0.2) is 0 Å². The van der Waals surface area contributed by atoms with Crippen molar-refractivity contribution in [2.75, 3.05) is 11.9 Å². The number of benzene rings is 1. The van der Waals surface area contributed by atoms with Gasteiger partial charge in [0.15, 0.2) is 0 Å². The topological polar surface area (TPSA) is 0 Å². The van der Waals surface area contributed by atoms with E-state index in [2.05, 4.69) is 51.9 Å². The molecule has 0 spiro atoms. The van der Waals surface area contributed by atoms with Gasteiger partial charge < -0.3 is 0 Å². The highest BCUT2D eigenvalue weighted by Crippen LogP contribution is 2.39. The Hall–Kier alpha value is 0.350. The van der Waals surface area contributed by atoms with E-state index < -0.39 is 0 Å². The largest absolute Gasteiger partial charge is 0.118 e. The van der Waals surface area contributed by atoms with E-state index in [0.717, 1.165) is 13.8 Å². The van der Waals surface area contributed by atoms with E-state index in [1.165, 1.54) is 55.7 Å². The van der Waals surface area contributed by atoms with Crippen LogP contribution in [0.15, 0.2) is 30.3 Å². The van der Waals surface area contributed by atoms with Crippen molar-refractivity contribution in [3.8, 4) is 0 Å². The molecule has 1 aliphatic rings. The van der Waals surface area contributed by atoms with Gasteiger partial charge in [0, 0.05) is 11.0 Å². The maximum absolute atomic E-state index is 2.25. The van der Waals surface area contributed by atoms with Crippen molar-refractivity contribution in [3.63, 3.8) is 0 Å². The van der Waals surface area contributed by atoms with Crippen LogP contribution in [0.3, 0.4) is 0 Å². The third-order valence-electron chi connectivity index (χ3n) is 3.28. The molecular formula is C15H23PS2. The third kappa shape index (κ3) is 5.99. The van der Waals surface area contributed by atoms with E-state index in [4.69, 9.17) is 0 Å². The summed E-state index contributed by atoms with van der Waals surface area (Å²) in [6.07, 6.45) is 9.97. The molecular weight excluding hydrogens is 275 g/mol. The van der Waals surface area contributed by atoms with Crippen LogP contribution >= 0.6 is 30.2 Å². The van der Waals surface area contributed by atoms with Crippen molar-refractivity contribution in [2.45, 2.75) is 43.5 Å². The molecule has 1 aliphatic heterocycles. The van der Waals surface area contributed by atoms with Crippen molar-refractivity contribution in [2.24, 2.45) is 0 Å². The van der Waals surface area contributed by atoms with E-state index >= 15 is 0 Å². The predicted molar refractivity (Wildman–Crippen MR) is 90.3 cm³/mol. The molecule has 0 saturated carbocycles. The Morgan fingerprint density at radius 3 is 2.78 bits per heavy atom. The number of unbranched alkanes of at least 4 members (excludes halogenated alkanes) is 2. The maximum Gasteiger partial charge on any atom is 0.0159 e. The molecule has 1 fully saturated rings. The minimum atomic E-state index is 0.974. The molecule has 0 nitrogen and oxygen atoms in total. The predicted octanol–water partition coefficient (Wildman–Crippen LogP) is 5.58. The van der Waals surface area contributed by atoms with Crippen LogP contribution in [0.25, 0.3) is 0 Å². The van der Waals surface area contributed by atoms with E-state index in [9.17, 15) is 0 Å². The van der Waals surface area contributed by atoms with Crippen LogP contribution in [0.5, 0.6) is 0 Å². The van der Waals surface area contributed by atoms with Gasteiger partial charge in [0.2, 0.25) is 0 Å². The molecule has 2 atom stereocenters. The first-order valence-corrected chi connectivity index (χ1v) is 10.8. The van der Waals surface area contributed by atoms with Crippen molar-refractivity contribution >= 4 is 30.2 Å². The third-order valence-corrected chi connectivity index (χ3v) is 7.65. The summed E-state index contributed by atoms with van der Waals surface area (Å²) >= 11 is 0. The highest BCUT2D eigenvalue weighted by Gasteiger charge is 2.15. The fourth-order valence-electron chi connectivity index (χ4n) is 2.19. The van der Waals surface area contributed by atoms with Crippen molar-refractivity contribution in [1.29, 1.82) is 0 Å². The second-order valence-corrected chi connectivity index (χ2v) is 8.98. The van der Waals surface area contributed by atoms with Gasteiger partial charge in [-0.2, -0.15) is 0 Å². The van der Waals surface area contributed by atoms with Gasteiger partial charge in [0.05, 0.1) is 0 Å². The van der Waals surface area contributed by atoms with Crippen LogP contribution in [-0.2, 0) is 6.16 Å². The van der Waals surface area contributed by atoms with Crippen LogP contribution < -0.4 is 0 Å². The minimum Gasteiger partial charge on any atom is -0.118 e. The Kier molecular flexibility index (Phi) is 7.61. The van der Waals surface area contributed by atoms with Gasteiger partial charge in [-0.05, 0) is 37.1 Å². The average molecular weight is 298 g/mol. The molecule has 2 unspecified atom stereocenters. The van der Waals surface area contributed by atoms with Gasteiger partial charge in [-0.1, -0.05) is 64.8 Å². The lowest BCUT2D eigenvalue weighted by molar-refractivity contribution is 0.644. The smallest absolute Gasteiger partial charge is 0.0159 e. The minimum absolute atomic E-state index is 0.974. The normalized spacial score (nSPS) is 19.9. The molecule has 3 heteroatoms. The number of hydrogen-bond acceptors (Lipinski definition) is 2. The molecule has 0 aromatic heterocycles. The fraction of sp³-hybridized carbons (Fsp3) is 0.600. The molecule has 0 bridgehead atoms. The summed E-state index contributed by atoms with van der Waals surface area (Å²) < 4.78 is 0. The van der Waals surface area contributed by atoms with Crippen LogP contribution in [0.1, 0.15) is 37.7 Å². The molecule has 0 radical (unpaired) electrons. The molecule has 0 aliphatic carbocycles. The first kappa shape index (κ1) is 14.8. The van der Waals surface area contributed by atoms with Gasteiger partial charge in [-0.15, -0.1) is 8.58 Å². The van der Waals surface area contributed by atoms with Crippen molar-refractivity contribution in [1.82, 2.24) is 0 Å². The number of rotatable bonds is 8. The van der Waals surface area contributed by atoms with Crippen LogP contribution in [0.4, 0.5) is 0 Å².